The van der Waals surface area contributed by atoms with E-state index in [1.54, 1.807) is 4.90 Å². The molecule has 0 aromatic rings. The Balaban J connectivity index is 2.34. The summed E-state index contributed by atoms with van der Waals surface area (Å²) in [6.07, 6.45) is -0.235. The topological polar surface area (TPSA) is 49.5 Å². The lowest BCUT2D eigenvalue weighted by Gasteiger charge is -2.33. The van der Waals surface area contributed by atoms with Crippen LogP contribution in [0.1, 0.15) is 12.8 Å². The van der Waals surface area contributed by atoms with Crippen molar-refractivity contribution < 1.29 is 13.9 Å². The molecule has 1 saturated heterocycles. The largest absolute Gasteiger partial charge is 0.390 e. The van der Waals surface area contributed by atoms with Gasteiger partial charge < -0.3 is 10.8 Å². The second-order valence-corrected chi connectivity index (χ2v) is 3.58. The number of rotatable bonds is 3. The van der Waals surface area contributed by atoms with Crippen molar-refractivity contribution in [2.45, 2.75) is 24.9 Å². The third kappa shape index (κ3) is 3.54. The maximum absolute atomic E-state index is 12.9. The zero-order valence-electron chi connectivity index (χ0n) is 7.55. The molecule has 0 aromatic heterocycles. The van der Waals surface area contributed by atoms with E-state index in [2.05, 4.69) is 0 Å². The van der Waals surface area contributed by atoms with Crippen LogP contribution in [0.3, 0.4) is 0 Å². The maximum atomic E-state index is 12.9. The predicted octanol–water partition coefficient (Wildman–Crippen LogP) is 0.0371. The van der Waals surface area contributed by atoms with Gasteiger partial charge in [-0.25, -0.2) is 8.78 Å². The number of halogens is 2. The van der Waals surface area contributed by atoms with Gasteiger partial charge in [-0.1, -0.05) is 0 Å². The molecular formula is C8H16F2N2O. The van der Waals surface area contributed by atoms with Crippen molar-refractivity contribution >= 4 is 0 Å². The lowest BCUT2D eigenvalue weighted by atomic mass is 10.1. The second kappa shape index (κ2) is 4.30. The van der Waals surface area contributed by atoms with Crippen molar-refractivity contribution in [1.82, 2.24) is 4.90 Å². The van der Waals surface area contributed by atoms with E-state index in [1.807, 2.05) is 0 Å². The second-order valence-electron chi connectivity index (χ2n) is 3.58. The summed E-state index contributed by atoms with van der Waals surface area (Å²) < 4.78 is 25.7. The molecule has 5 heteroatoms. The molecule has 0 spiro atoms. The van der Waals surface area contributed by atoms with Gasteiger partial charge in [0.2, 0.25) is 0 Å². The lowest BCUT2D eigenvalue weighted by molar-refractivity contribution is -0.0709. The van der Waals surface area contributed by atoms with Crippen molar-refractivity contribution in [3.63, 3.8) is 0 Å². The zero-order valence-corrected chi connectivity index (χ0v) is 7.55. The van der Waals surface area contributed by atoms with Crippen LogP contribution in [0.5, 0.6) is 0 Å². The number of hydrogen-bond donors (Lipinski definition) is 2. The van der Waals surface area contributed by atoms with E-state index in [0.717, 1.165) is 0 Å². The van der Waals surface area contributed by atoms with Crippen LogP contribution in [0.2, 0.25) is 0 Å². The molecule has 13 heavy (non-hydrogen) atoms. The molecule has 1 unspecified atom stereocenters. The first-order valence-electron chi connectivity index (χ1n) is 4.52. The Morgan fingerprint density at radius 3 is 2.77 bits per heavy atom. The molecule has 0 aliphatic carbocycles. The summed E-state index contributed by atoms with van der Waals surface area (Å²) in [4.78, 5) is 1.57. The fraction of sp³-hybridized carbons (Fsp3) is 1.00. The summed E-state index contributed by atoms with van der Waals surface area (Å²) in [5.74, 6) is -2.59. The van der Waals surface area contributed by atoms with Gasteiger partial charge in [0, 0.05) is 19.5 Å². The number of hydrogen-bond acceptors (Lipinski definition) is 3. The normalized spacial score (nSPS) is 25.8. The first-order valence-corrected chi connectivity index (χ1v) is 4.52. The van der Waals surface area contributed by atoms with E-state index in [4.69, 9.17) is 10.8 Å². The van der Waals surface area contributed by atoms with Crippen LogP contribution >= 0.6 is 0 Å². The molecule has 0 aromatic carbocycles. The van der Waals surface area contributed by atoms with E-state index in [9.17, 15) is 8.78 Å². The predicted molar refractivity (Wildman–Crippen MR) is 45.7 cm³/mol. The summed E-state index contributed by atoms with van der Waals surface area (Å²) >= 11 is 0. The summed E-state index contributed by atoms with van der Waals surface area (Å²) in [6.45, 7) is 0.769. The Kier molecular flexibility index (Phi) is 3.58. The molecule has 1 aliphatic rings. The highest BCUT2D eigenvalue weighted by Crippen LogP contribution is 2.26. The van der Waals surface area contributed by atoms with Gasteiger partial charge in [-0.3, -0.25) is 4.90 Å². The number of aliphatic hydroxyl groups excluding tert-OH is 1. The van der Waals surface area contributed by atoms with Gasteiger partial charge in [0.25, 0.3) is 5.92 Å². The number of piperidine rings is 1. The van der Waals surface area contributed by atoms with Gasteiger partial charge in [0.15, 0.2) is 0 Å². The summed E-state index contributed by atoms with van der Waals surface area (Å²) in [7, 11) is 0. The SMILES string of the molecule is NCC(O)CN1CCCC(F)(F)C1. The number of likely N-dealkylation sites (tertiary alicyclic amines) is 1. The third-order valence-electron chi connectivity index (χ3n) is 2.21. The molecule has 1 atom stereocenters. The highest BCUT2D eigenvalue weighted by Gasteiger charge is 2.35. The Labute approximate surface area is 76.5 Å². The Morgan fingerprint density at radius 1 is 1.54 bits per heavy atom. The van der Waals surface area contributed by atoms with Gasteiger partial charge in [-0.2, -0.15) is 0 Å². The van der Waals surface area contributed by atoms with Crippen LogP contribution in [-0.4, -0.2) is 48.2 Å². The molecular weight excluding hydrogens is 178 g/mol. The van der Waals surface area contributed by atoms with Crippen LogP contribution in [0, 0.1) is 0 Å². The molecule has 0 amide bonds. The molecule has 1 aliphatic heterocycles. The van der Waals surface area contributed by atoms with E-state index in [1.165, 1.54) is 0 Å². The van der Waals surface area contributed by atoms with Crippen molar-refractivity contribution in [3.8, 4) is 0 Å². The van der Waals surface area contributed by atoms with Crippen LogP contribution < -0.4 is 5.73 Å². The summed E-state index contributed by atoms with van der Waals surface area (Å²) in [5, 5.41) is 9.17. The molecule has 3 nitrogen and oxygen atoms in total. The summed E-state index contributed by atoms with van der Waals surface area (Å²) in [6, 6.07) is 0. The quantitative estimate of drug-likeness (QED) is 0.666. The molecule has 78 valence electrons. The van der Waals surface area contributed by atoms with Gasteiger partial charge >= 0.3 is 0 Å². The Bertz CT molecular complexity index is 166. The molecule has 0 bridgehead atoms. The standard InChI is InChI=1S/C8H16F2N2O/c9-8(10)2-1-3-12(6-8)5-7(13)4-11/h7,13H,1-6,11H2. The van der Waals surface area contributed by atoms with Gasteiger partial charge in [0.1, 0.15) is 0 Å². The number of alkyl halides is 2. The van der Waals surface area contributed by atoms with Crippen molar-refractivity contribution in [2.75, 3.05) is 26.2 Å². The fourth-order valence-electron chi connectivity index (χ4n) is 1.57. The van der Waals surface area contributed by atoms with Crippen molar-refractivity contribution in [2.24, 2.45) is 5.73 Å². The van der Waals surface area contributed by atoms with E-state index < -0.39 is 12.0 Å². The van der Waals surface area contributed by atoms with Crippen LogP contribution in [-0.2, 0) is 0 Å². The minimum Gasteiger partial charge on any atom is -0.390 e. The van der Waals surface area contributed by atoms with Crippen LogP contribution in [0.4, 0.5) is 8.78 Å². The average Bonchev–Trinajstić information content (AvgIpc) is 2.02. The molecule has 1 fully saturated rings. The molecule has 1 rings (SSSR count). The minimum absolute atomic E-state index is 0.0395. The van der Waals surface area contributed by atoms with E-state index in [-0.39, 0.29) is 26.1 Å². The van der Waals surface area contributed by atoms with Gasteiger partial charge in [0.05, 0.1) is 12.6 Å². The minimum atomic E-state index is -2.59. The van der Waals surface area contributed by atoms with Crippen molar-refractivity contribution in [3.05, 3.63) is 0 Å². The molecule has 0 radical (unpaired) electrons. The van der Waals surface area contributed by atoms with Crippen LogP contribution in [0.25, 0.3) is 0 Å². The third-order valence-corrected chi connectivity index (χ3v) is 2.21. The van der Waals surface area contributed by atoms with E-state index in [0.29, 0.717) is 13.0 Å². The highest BCUT2D eigenvalue weighted by molar-refractivity contribution is 4.79. The summed E-state index contributed by atoms with van der Waals surface area (Å²) in [5.41, 5.74) is 5.19. The van der Waals surface area contributed by atoms with Gasteiger partial charge in [-0.15, -0.1) is 0 Å². The van der Waals surface area contributed by atoms with E-state index >= 15 is 0 Å². The smallest absolute Gasteiger partial charge is 0.260 e. The van der Waals surface area contributed by atoms with Crippen LogP contribution in [0.15, 0.2) is 0 Å². The number of β-amino-alcohol motifs (C(OH)–C–C–N with tert-alkyl or cyclic N) is 1. The lowest BCUT2D eigenvalue weighted by Crippen LogP contribution is -2.46. The zero-order chi connectivity index (χ0) is 9.90. The first kappa shape index (κ1) is 10.8. The number of aliphatic hydroxyl groups is 1. The van der Waals surface area contributed by atoms with Crippen molar-refractivity contribution in [1.29, 1.82) is 0 Å². The molecule has 3 N–H and O–H groups in total. The number of nitrogens with zero attached hydrogens (tertiary/aromatic N) is 1. The fourth-order valence-corrected chi connectivity index (χ4v) is 1.57. The maximum Gasteiger partial charge on any atom is 0.260 e. The Hall–Kier alpha value is -0.260. The van der Waals surface area contributed by atoms with Gasteiger partial charge in [-0.05, 0) is 13.0 Å². The molecule has 1 heterocycles. The Morgan fingerprint density at radius 2 is 2.23 bits per heavy atom. The first-order chi connectivity index (χ1) is 6.03. The average molecular weight is 194 g/mol. The number of nitrogens with two attached hydrogens (primary N) is 1. The monoisotopic (exact) mass is 194 g/mol. The highest BCUT2D eigenvalue weighted by atomic mass is 19.3. The molecule has 0 saturated carbocycles.